The van der Waals surface area contributed by atoms with Crippen molar-refractivity contribution < 1.29 is 14.3 Å². The van der Waals surface area contributed by atoms with E-state index in [1.54, 1.807) is 11.1 Å². The van der Waals surface area contributed by atoms with Crippen LogP contribution in [0.2, 0.25) is 0 Å². The number of hydrogen-bond donors (Lipinski definition) is 1. The zero-order valence-corrected chi connectivity index (χ0v) is 14.8. The summed E-state index contributed by atoms with van der Waals surface area (Å²) < 4.78 is 5.36. The molecule has 1 aromatic carbocycles. The lowest BCUT2D eigenvalue weighted by molar-refractivity contribution is -0.119. The molecule has 6 heteroatoms. The molecule has 1 fully saturated rings. The number of likely N-dealkylation sites (tertiary alicyclic amines) is 1. The Bertz CT molecular complexity index is 798. The van der Waals surface area contributed by atoms with Crippen LogP contribution in [0.25, 0.3) is 10.8 Å². The number of ether oxygens (including phenoxy) is 1. The minimum absolute atomic E-state index is 0.117. The lowest BCUT2D eigenvalue weighted by Gasteiger charge is -2.24. The Kier molecular flexibility index (Phi) is 4.61. The van der Waals surface area contributed by atoms with Gasteiger partial charge in [-0.05, 0) is 38.6 Å². The van der Waals surface area contributed by atoms with E-state index in [4.69, 9.17) is 4.74 Å². The van der Waals surface area contributed by atoms with Gasteiger partial charge in [0.05, 0.1) is 5.92 Å². The first-order valence-corrected chi connectivity index (χ1v) is 8.45. The van der Waals surface area contributed by atoms with Gasteiger partial charge in [-0.3, -0.25) is 4.79 Å². The number of anilines is 1. The first kappa shape index (κ1) is 17.2. The van der Waals surface area contributed by atoms with Gasteiger partial charge in [0.1, 0.15) is 11.4 Å². The fraction of sp³-hybridized carbons (Fsp3) is 0.421. The minimum atomic E-state index is -0.535. The number of amides is 2. The third-order valence-corrected chi connectivity index (χ3v) is 4.09. The second-order valence-electron chi connectivity index (χ2n) is 7.32. The summed E-state index contributed by atoms with van der Waals surface area (Å²) in [6, 6.07) is 9.71. The fourth-order valence-corrected chi connectivity index (χ4v) is 2.85. The lowest BCUT2D eigenvalue weighted by atomic mass is 10.1. The van der Waals surface area contributed by atoms with E-state index in [2.05, 4.69) is 10.3 Å². The molecule has 0 radical (unpaired) electrons. The monoisotopic (exact) mass is 341 g/mol. The summed E-state index contributed by atoms with van der Waals surface area (Å²) >= 11 is 0. The SMILES string of the molecule is CC(C)(C)OC(=O)N1CC[C@H](C(=O)Nc2cc3ccccc3cn2)C1. The molecule has 25 heavy (non-hydrogen) atoms. The van der Waals surface area contributed by atoms with Gasteiger partial charge >= 0.3 is 6.09 Å². The van der Waals surface area contributed by atoms with Crippen molar-refractivity contribution in [1.82, 2.24) is 9.88 Å². The number of benzene rings is 1. The Labute approximate surface area is 147 Å². The molecule has 0 bridgehead atoms. The van der Waals surface area contributed by atoms with Gasteiger partial charge in [-0.2, -0.15) is 0 Å². The van der Waals surface area contributed by atoms with Crippen LogP contribution in [0, 0.1) is 5.92 Å². The second-order valence-corrected chi connectivity index (χ2v) is 7.32. The van der Waals surface area contributed by atoms with Gasteiger partial charge in [0.2, 0.25) is 5.91 Å². The van der Waals surface area contributed by atoms with Crippen molar-refractivity contribution in [2.24, 2.45) is 5.92 Å². The summed E-state index contributed by atoms with van der Waals surface area (Å²) in [7, 11) is 0. The summed E-state index contributed by atoms with van der Waals surface area (Å²) in [6.45, 7) is 6.39. The van der Waals surface area contributed by atoms with E-state index in [1.807, 2.05) is 51.1 Å². The molecule has 0 saturated carbocycles. The molecule has 132 valence electrons. The molecule has 2 heterocycles. The third-order valence-electron chi connectivity index (χ3n) is 4.09. The molecule has 0 spiro atoms. The van der Waals surface area contributed by atoms with Crippen LogP contribution in [-0.4, -0.2) is 40.6 Å². The highest BCUT2D eigenvalue weighted by atomic mass is 16.6. The third kappa shape index (κ3) is 4.26. The number of carbonyl (C=O) groups excluding carboxylic acids is 2. The average Bonchev–Trinajstić information content (AvgIpc) is 3.03. The van der Waals surface area contributed by atoms with Crippen molar-refractivity contribution >= 4 is 28.6 Å². The Morgan fingerprint density at radius 1 is 1.24 bits per heavy atom. The number of carbonyl (C=O) groups is 2. The largest absolute Gasteiger partial charge is 0.444 e. The number of nitrogens with zero attached hydrogens (tertiary/aromatic N) is 2. The van der Waals surface area contributed by atoms with Gasteiger partial charge in [0, 0.05) is 24.7 Å². The maximum absolute atomic E-state index is 12.5. The van der Waals surface area contributed by atoms with E-state index < -0.39 is 5.60 Å². The number of fused-ring (bicyclic) bond motifs is 1. The number of nitrogens with one attached hydrogen (secondary N) is 1. The maximum Gasteiger partial charge on any atom is 0.410 e. The van der Waals surface area contributed by atoms with Gasteiger partial charge in [0.15, 0.2) is 0 Å². The molecule has 0 aliphatic carbocycles. The van der Waals surface area contributed by atoms with Crippen LogP contribution >= 0.6 is 0 Å². The molecule has 1 aromatic heterocycles. The predicted octanol–water partition coefficient (Wildman–Crippen LogP) is 3.43. The fourth-order valence-electron chi connectivity index (χ4n) is 2.85. The van der Waals surface area contributed by atoms with Crippen LogP contribution in [0.1, 0.15) is 27.2 Å². The van der Waals surface area contributed by atoms with Crippen molar-refractivity contribution in [3.05, 3.63) is 36.5 Å². The van der Waals surface area contributed by atoms with Crippen molar-refractivity contribution in [3.8, 4) is 0 Å². The Hall–Kier alpha value is -2.63. The van der Waals surface area contributed by atoms with Crippen molar-refractivity contribution in [1.29, 1.82) is 0 Å². The quantitative estimate of drug-likeness (QED) is 0.908. The van der Waals surface area contributed by atoms with Crippen LogP contribution < -0.4 is 5.32 Å². The summed E-state index contributed by atoms with van der Waals surface area (Å²) in [5.74, 6) is 0.161. The highest BCUT2D eigenvalue weighted by Gasteiger charge is 2.33. The first-order chi connectivity index (χ1) is 11.8. The van der Waals surface area contributed by atoms with Gasteiger partial charge in [0.25, 0.3) is 0 Å². The van der Waals surface area contributed by atoms with Gasteiger partial charge in [-0.1, -0.05) is 24.3 Å². The number of pyridine rings is 1. The molecule has 1 N–H and O–H groups in total. The molecule has 3 rings (SSSR count). The van der Waals surface area contributed by atoms with E-state index in [0.29, 0.717) is 25.3 Å². The van der Waals surface area contributed by atoms with Gasteiger partial charge in [-0.15, -0.1) is 0 Å². The van der Waals surface area contributed by atoms with E-state index in [-0.39, 0.29) is 17.9 Å². The molecule has 1 atom stereocenters. The zero-order chi connectivity index (χ0) is 18.0. The highest BCUT2D eigenvalue weighted by Crippen LogP contribution is 2.22. The van der Waals surface area contributed by atoms with Crippen LogP contribution in [-0.2, 0) is 9.53 Å². The Balaban J connectivity index is 1.61. The van der Waals surface area contributed by atoms with Gasteiger partial charge < -0.3 is 15.0 Å². The summed E-state index contributed by atoms with van der Waals surface area (Å²) in [5.41, 5.74) is -0.535. The van der Waals surface area contributed by atoms with Crippen molar-refractivity contribution in [2.45, 2.75) is 32.8 Å². The molecule has 2 aromatic rings. The summed E-state index contributed by atoms with van der Waals surface area (Å²) in [5, 5.41) is 4.90. The lowest BCUT2D eigenvalue weighted by Crippen LogP contribution is -2.36. The van der Waals surface area contributed by atoms with Crippen LogP contribution in [0.5, 0.6) is 0 Å². The molecule has 1 saturated heterocycles. The van der Waals surface area contributed by atoms with Crippen LogP contribution in [0.15, 0.2) is 36.5 Å². The molecule has 0 unspecified atom stereocenters. The zero-order valence-electron chi connectivity index (χ0n) is 14.8. The van der Waals surface area contributed by atoms with E-state index in [1.165, 1.54) is 0 Å². The molecule has 6 nitrogen and oxygen atoms in total. The number of hydrogen-bond acceptors (Lipinski definition) is 4. The van der Waals surface area contributed by atoms with Crippen molar-refractivity contribution in [2.75, 3.05) is 18.4 Å². The standard InChI is InChI=1S/C19H23N3O3/c1-19(2,3)25-18(24)22-9-8-15(12-22)17(23)21-16-10-13-6-4-5-7-14(13)11-20-16/h4-7,10-11,15H,8-9,12H2,1-3H3,(H,20,21,23)/t15-/m0/s1. The Morgan fingerprint density at radius 2 is 1.96 bits per heavy atom. The molecular weight excluding hydrogens is 318 g/mol. The van der Waals surface area contributed by atoms with Gasteiger partial charge in [-0.25, -0.2) is 9.78 Å². The summed E-state index contributed by atoms with van der Waals surface area (Å²) in [6.07, 6.45) is 2.00. The Morgan fingerprint density at radius 3 is 2.68 bits per heavy atom. The predicted molar refractivity (Wildman–Crippen MR) is 96.3 cm³/mol. The average molecular weight is 341 g/mol. The second kappa shape index (κ2) is 6.70. The van der Waals surface area contributed by atoms with E-state index >= 15 is 0 Å². The van der Waals surface area contributed by atoms with E-state index in [0.717, 1.165) is 10.8 Å². The van der Waals surface area contributed by atoms with Crippen molar-refractivity contribution in [3.63, 3.8) is 0 Å². The summed E-state index contributed by atoms with van der Waals surface area (Å²) in [4.78, 5) is 30.4. The van der Waals surface area contributed by atoms with Crippen LogP contribution in [0.4, 0.5) is 10.6 Å². The number of aromatic nitrogens is 1. The number of rotatable bonds is 2. The molecule has 1 aliphatic heterocycles. The van der Waals surface area contributed by atoms with E-state index in [9.17, 15) is 9.59 Å². The minimum Gasteiger partial charge on any atom is -0.444 e. The maximum atomic E-state index is 12.5. The highest BCUT2D eigenvalue weighted by molar-refractivity contribution is 5.94. The van der Waals surface area contributed by atoms with Crippen LogP contribution in [0.3, 0.4) is 0 Å². The smallest absolute Gasteiger partial charge is 0.410 e. The molecule has 1 aliphatic rings. The molecular formula is C19H23N3O3. The molecule has 2 amide bonds. The normalized spacial score (nSPS) is 17.6. The topological polar surface area (TPSA) is 71.5 Å². The first-order valence-electron chi connectivity index (χ1n) is 8.45.